The molecule has 0 aliphatic heterocycles. The molecule has 0 radical (unpaired) electrons. The molecule has 0 heterocycles. The van der Waals surface area contributed by atoms with Crippen molar-refractivity contribution in [2.75, 3.05) is 0 Å². The van der Waals surface area contributed by atoms with Gasteiger partial charge in [0, 0.05) is 0 Å². The van der Waals surface area contributed by atoms with Crippen LogP contribution >= 0.6 is 0 Å². The third-order valence-corrected chi connectivity index (χ3v) is 3.52. The summed E-state index contributed by atoms with van der Waals surface area (Å²) in [5.74, 6) is 0. The van der Waals surface area contributed by atoms with E-state index in [0.717, 1.165) is 11.1 Å². The maximum Gasteiger partial charge on any atom is 1.00 e. The van der Waals surface area contributed by atoms with Crippen molar-refractivity contribution in [3.63, 3.8) is 0 Å². The molecule has 0 aromatic rings. The first kappa shape index (κ1) is 16.8. The second-order valence-corrected chi connectivity index (χ2v) is 5.22. The molecule has 1 rings (SSSR count). The standard InChI is InChI=1S/C9H14S2.2Li/c1-6(2)5-7-8(3,4)9(7,10)11;;/h10-11H,1-4H3;;/q;2*+1/p-2. The molecule has 0 bridgehead atoms. The Hall–Kier alpha value is 1.41. The summed E-state index contributed by atoms with van der Waals surface area (Å²) in [6.07, 6.45) is 0. The van der Waals surface area contributed by atoms with Crippen molar-refractivity contribution in [1.82, 2.24) is 0 Å². The fraction of sp³-hybridized carbons (Fsp3) is 0.667. The summed E-state index contributed by atoms with van der Waals surface area (Å²) in [4.78, 5) is 0. The first-order chi connectivity index (χ1) is 4.80. The van der Waals surface area contributed by atoms with Crippen molar-refractivity contribution in [3.8, 4) is 0 Å². The number of hydrogen-bond donors (Lipinski definition) is 0. The molecule has 4 heteroatoms. The van der Waals surface area contributed by atoms with Crippen LogP contribution in [0.3, 0.4) is 0 Å². The summed E-state index contributed by atoms with van der Waals surface area (Å²) in [5, 5.41) is 0. The molecule has 0 aromatic heterocycles. The zero-order valence-electron chi connectivity index (χ0n) is 9.32. The molecule has 0 unspecified atom stereocenters. The van der Waals surface area contributed by atoms with Crippen LogP contribution in [0, 0.1) is 5.41 Å². The Labute approximate surface area is 116 Å². The molecule has 0 N–H and O–H groups in total. The zero-order chi connectivity index (χ0) is 8.86. The fourth-order valence-corrected chi connectivity index (χ4v) is 1.79. The van der Waals surface area contributed by atoms with Crippen molar-refractivity contribution >= 4 is 25.3 Å². The minimum absolute atomic E-state index is 0. The van der Waals surface area contributed by atoms with Crippen molar-refractivity contribution in [3.05, 3.63) is 16.9 Å². The van der Waals surface area contributed by atoms with Gasteiger partial charge in [-0.2, -0.15) is 0 Å². The van der Waals surface area contributed by atoms with Gasteiger partial charge in [0.15, 0.2) is 0 Å². The molecule has 0 aromatic carbocycles. The largest absolute Gasteiger partial charge is 1.00 e. The number of hydrogen-bond acceptors (Lipinski definition) is 2. The fourth-order valence-electron chi connectivity index (χ4n) is 1.08. The Bertz CT molecular complexity index is 241. The Morgan fingerprint density at radius 3 is 1.54 bits per heavy atom. The molecule has 1 fully saturated rings. The molecule has 62 valence electrons. The van der Waals surface area contributed by atoms with Crippen molar-refractivity contribution in [1.29, 1.82) is 0 Å². The topological polar surface area (TPSA) is 0 Å². The third kappa shape index (κ3) is 2.93. The molecule has 0 nitrogen and oxygen atoms in total. The minimum Gasteiger partial charge on any atom is -0.806 e. The monoisotopic (exact) mass is 198 g/mol. The van der Waals surface area contributed by atoms with Gasteiger partial charge in [-0.3, -0.25) is 0 Å². The maximum atomic E-state index is 5.22. The second-order valence-electron chi connectivity index (χ2n) is 3.74. The van der Waals surface area contributed by atoms with Gasteiger partial charge < -0.3 is 25.3 Å². The maximum absolute atomic E-state index is 5.22. The van der Waals surface area contributed by atoms with Gasteiger partial charge in [0.2, 0.25) is 0 Å². The van der Waals surface area contributed by atoms with Crippen LogP contribution < -0.4 is 37.7 Å². The normalized spacial score (nSPS) is 20.6. The van der Waals surface area contributed by atoms with Gasteiger partial charge in [0.25, 0.3) is 0 Å². The Kier molecular flexibility index (Phi) is 6.42. The summed E-state index contributed by atoms with van der Waals surface area (Å²) in [6.45, 7) is 8.20. The average Bonchev–Trinajstić information content (AvgIpc) is 2.11. The average molecular weight is 198 g/mol. The van der Waals surface area contributed by atoms with E-state index in [-0.39, 0.29) is 43.1 Å². The predicted molar refractivity (Wildman–Crippen MR) is 53.1 cm³/mol. The van der Waals surface area contributed by atoms with E-state index >= 15 is 0 Å². The molecule has 0 saturated heterocycles. The summed E-state index contributed by atoms with van der Waals surface area (Å²) >= 11 is 10.4. The van der Waals surface area contributed by atoms with Crippen LogP contribution in [-0.2, 0) is 25.3 Å². The Morgan fingerprint density at radius 1 is 1.15 bits per heavy atom. The number of rotatable bonds is 0. The molecular formula is C9H12Li2S2. The van der Waals surface area contributed by atoms with Gasteiger partial charge in [0.05, 0.1) is 0 Å². The summed E-state index contributed by atoms with van der Waals surface area (Å²) in [6, 6.07) is 0. The predicted octanol–water partition coefficient (Wildman–Crippen LogP) is -3.68. The minimum atomic E-state index is -0.454. The molecular weight excluding hydrogens is 186 g/mol. The van der Waals surface area contributed by atoms with E-state index in [4.69, 9.17) is 25.3 Å². The van der Waals surface area contributed by atoms with Gasteiger partial charge in [-0.15, -0.1) is 5.73 Å². The summed E-state index contributed by atoms with van der Waals surface area (Å²) < 4.78 is -0.454. The SMILES string of the molecule is CC(C)=C=C1C(C)(C)C1([S-])[S-].[Li+].[Li+]. The molecule has 13 heavy (non-hydrogen) atoms. The Morgan fingerprint density at radius 2 is 1.46 bits per heavy atom. The van der Waals surface area contributed by atoms with Gasteiger partial charge in [-0.05, 0) is 24.8 Å². The summed E-state index contributed by atoms with van der Waals surface area (Å²) in [7, 11) is 0. The quantitative estimate of drug-likeness (QED) is 0.223. The van der Waals surface area contributed by atoms with Crippen molar-refractivity contribution < 1.29 is 37.7 Å². The van der Waals surface area contributed by atoms with Gasteiger partial charge in [-0.1, -0.05) is 19.4 Å². The summed E-state index contributed by atoms with van der Waals surface area (Å²) in [5.41, 5.74) is 5.49. The van der Waals surface area contributed by atoms with E-state index in [1.165, 1.54) is 0 Å². The van der Waals surface area contributed by atoms with E-state index in [0.29, 0.717) is 0 Å². The van der Waals surface area contributed by atoms with Crippen LogP contribution in [0.1, 0.15) is 27.7 Å². The van der Waals surface area contributed by atoms with Gasteiger partial charge in [0.1, 0.15) is 0 Å². The first-order valence-corrected chi connectivity index (χ1v) is 4.47. The smallest absolute Gasteiger partial charge is 0.806 e. The van der Waals surface area contributed by atoms with E-state index in [1.807, 2.05) is 13.8 Å². The van der Waals surface area contributed by atoms with E-state index in [2.05, 4.69) is 19.6 Å². The molecule has 1 aliphatic rings. The second kappa shape index (κ2) is 4.96. The van der Waals surface area contributed by atoms with Crippen LogP contribution in [0.25, 0.3) is 0 Å². The van der Waals surface area contributed by atoms with Crippen molar-refractivity contribution in [2.24, 2.45) is 5.41 Å². The van der Waals surface area contributed by atoms with Gasteiger partial charge in [-0.25, -0.2) is 4.08 Å². The van der Waals surface area contributed by atoms with Crippen molar-refractivity contribution in [2.45, 2.75) is 31.8 Å². The molecule has 0 spiro atoms. The van der Waals surface area contributed by atoms with Crippen LogP contribution in [-0.4, -0.2) is 4.08 Å². The van der Waals surface area contributed by atoms with E-state index in [1.54, 1.807) is 0 Å². The Balaban J connectivity index is 0. The van der Waals surface area contributed by atoms with Crippen LogP contribution in [0.5, 0.6) is 0 Å². The van der Waals surface area contributed by atoms with Crippen LogP contribution in [0.2, 0.25) is 0 Å². The van der Waals surface area contributed by atoms with Crippen LogP contribution in [0.4, 0.5) is 0 Å². The molecule has 0 amide bonds. The molecule has 1 saturated carbocycles. The van der Waals surface area contributed by atoms with Gasteiger partial charge >= 0.3 is 37.7 Å². The molecule has 1 aliphatic carbocycles. The third-order valence-electron chi connectivity index (χ3n) is 2.09. The van der Waals surface area contributed by atoms with Crippen LogP contribution in [0.15, 0.2) is 16.9 Å². The van der Waals surface area contributed by atoms with E-state index < -0.39 is 4.08 Å². The van der Waals surface area contributed by atoms with E-state index in [9.17, 15) is 0 Å². The zero-order valence-corrected chi connectivity index (χ0v) is 10.9. The first-order valence-electron chi connectivity index (χ1n) is 3.66. The molecule has 0 atom stereocenters.